The Bertz CT molecular complexity index is 1920. The summed E-state index contributed by atoms with van der Waals surface area (Å²) in [6.45, 7) is 1.39. The summed E-state index contributed by atoms with van der Waals surface area (Å²) in [6, 6.07) is 14.3. The number of phenols is 1. The van der Waals surface area contributed by atoms with Gasteiger partial charge in [-0.05, 0) is 80.3 Å². The number of benzene rings is 3. The average Bonchev–Trinajstić information content (AvgIpc) is 3.37. The number of imide groups is 2. The van der Waals surface area contributed by atoms with Crippen molar-refractivity contribution in [2.24, 2.45) is 17.8 Å². The minimum atomic E-state index is -2.31. The number of amides is 4. The zero-order valence-corrected chi connectivity index (χ0v) is 25.6. The van der Waals surface area contributed by atoms with Crippen LogP contribution in [0.1, 0.15) is 41.6 Å². The number of aromatic hydroxyl groups is 1. The molecule has 4 aliphatic rings. The van der Waals surface area contributed by atoms with Gasteiger partial charge in [0.05, 0.1) is 23.2 Å². The fourth-order valence-electron chi connectivity index (χ4n) is 7.61. The Morgan fingerprint density at radius 1 is 0.848 bits per heavy atom. The number of phenolic OH excluding ortho intramolecular Hbond substituents is 1. The van der Waals surface area contributed by atoms with Gasteiger partial charge in [-0.3, -0.25) is 28.9 Å². The molecule has 4 amide bonds. The normalized spacial score (nSPS) is 30.2. The zero-order chi connectivity index (χ0) is 32.9. The lowest BCUT2D eigenvalue weighted by molar-refractivity contribution is -0.125. The molecule has 12 heteroatoms. The molecule has 6 atom stereocenters. The first kappa shape index (κ1) is 30.3. The first-order chi connectivity index (χ1) is 21.8. The van der Waals surface area contributed by atoms with Gasteiger partial charge in [-0.25, -0.2) is 13.7 Å². The number of Topliss-reactive ketones (excluding diaryl/α,β-unsaturated/α-hetero) is 1. The van der Waals surface area contributed by atoms with Crippen LogP contribution in [0.2, 0.25) is 0 Å². The van der Waals surface area contributed by atoms with Gasteiger partial charge in [0, 0.05) is 17.0 Å². The summed E-state index contributed by atoms with van der Waals surface area (Å²) in [5, 5.41) is 10.9. The van der Waals surface area contributed by atoms with Gasteiger partial charge in [-0.2, -0.15) is 0 Å². The van der Waals surface area contributed by atoms with E-state index in [0.29, 0.717) is 11.1 Å². The van der Waals surface area contributed by atoms with Crippen molar-refractivity contribution < 1.29 is 37.9 Å². The lowest BCUT2D eigenvalue weighted by atomic mass is 9.56. The number of carbonyl (C=O) groups excluding carboxylic acids is 5. The van der Waals surface area contributed by atoms with Gasteiger partial charge in [0.1, 0.15) is 5.82 Å². The second-order valence-corrected chi connectivity index (χ2v) is 13.3. The third-order valence-corrected chi connectivity index (χ3v) is 11.2. The standard InChI is InChI=1S/C34H24Cl2F2N2O6/c1-16(41)17-5-9-19(10-6-17)39-29(43)22-14-13-21-24(26(22)30(39)44)15-33(35)31(45)40(20-11-7-18(37)8-12-20)32(46)34(33,36)27(21)23-3-2-4-25(38)28(23)42/h2-13,22,24,26-27,42H,14-15H2,1H3. The second-order valence-electron chi connectivity index (χ2n) is 12.0. The number of rotatable bonds is 4. The average molecular weight is 665 g/mol. The summed E-state index contributed by atoms with van der Waals surface area (Å²) >= 11 is 14.5. The van der Waals surface area contributed by atoms with Crippen molar-refractivity contribution >= 4 is 64.0 Å². The summed E-state index contributed by atoms with van der Waals surface area (Å²) < 4.78 is 28.6. The summed E-state index contributed by atoms with van der Waals surface area (Å²) in [5.74, 6) is -9.76. The van der Waals surface area contributed by atoms with Gasteiger partial charge >= 0.3 is 0 Å². The third-order valence-electron chi connectivity index (χ3n) is 9.76. The third kappa shape index (κ3) is 3.92. The highest BCUT2D eigenvalue weighted by Crippen LogP contribution is 2.66. The van der Waals surface area contributed by atoms with Gasteiger partial charge in [-0.1, -0.05) is 23.8 Å². The van der Waals surface area contributed by atoms with Crippen molar-refractivity contribution in [3.8, 4) is 5.75 Å². The van der Waals surface area contributed by atoms with Crippen LogP contribution in [0.3, 0.4) is 0 Å². The van der Waals surface area contributed by atoms with E-state index in [1.54, 1.807) is 6.08 Å². The van der Waals surface area contributed by atoms with Crippen LogP contribution >= 0.6 is 23.2 Å². The van der Waals surface area contributed by atoms with E-state index in [0.717, 1.165) is 28.0 Å². The Hall–Kier alpha value is -4.41. The number of para-hydroxylation sites is 1. The maximum Gasteiger partial charge on any atom is 0.258 e. The minimum Gasteiger partial charge on any atom is -0.505 e. The van der Waals surface area contributed by atoms with Crippen molar-refractivity contribution in [1.82, 2.24) is 0 Å². The van der Waals surface area contributed by atoms with E-state index in [1.165, 1.54) is 55.5 Å². The van der Waals surface area contributed by atoms with Crippen molar-refractivity contribution in [3.05, 3.63) is 101 Å². The first-order valence-electron chi connectivity index (χ1n) is 14.5. The largest absolute Gasteiger partial charge is 0.505 e. The van der Waals surface area contributed by atoms with E-state index in [2.05, 4.69) is 0 Å². The summed E-state index contributed by atoms with van der Waals surface area (Å²) in [6.07, 6.45) is 1.38. The van der Waals surface area contributed by atoms with Crippen molar-refractivity contribution in [2.45, 2.75) is 35.4 Å². The van der Waals surface area contributed by atoms with Crippen LogP contribution in [-0.4, -0.2) is 44.3 Å². The number of allylic oxidation sites excluding steroid dienone is 2. The second kappa shape index (κ2) is 10.3. The molecule has 2 saturated heterocycles. The maximum absolute atomic E-state index is 14.9. The molecule has 8 nitrogen and oxygen atoms in total. The molecule has 7 rings (SSSR count). The van der Waals surface area contributed by atoms with Gasteiger partial charge in [0.25, 0.3) is 11.8 Å². The van der Waals surface area contributed by atoms with E-state index in [9.17, 15) is 37.9 Å². The number of hydrogen-bond acceptors (Lipinski definition) is 6. The Morgan fingerprint density at radius 3 is 2.13 bits per heavy atom. The van der Waals surface area contributed by atoms with Crippen LogP contribution in [0.25, 0.3) is 0 Å². The molecule has 3 aromatic carbocycles. The highest BCUT2D eigenvalue weighted by Gasteiger charge is 2.77. The Morgan fingerprint density at radius 2 is 1.48 bits per heavy atom. The van der Waals surface area contributed by atoms with E-state index in [4.69, 9.17) is 23.2 Å². The molecule has 2 aliphatic heterocycles. The highest BCUT2D eigenvalue weighted by molar-refractivity contribution is 6.58. The summed E-state index contributed by atoms with van der Waals surface area (Å²) in [4.78, 5) is 65.5. The molecular formula is C34H24Cl2F2N2O6. The molecule has 234 valence electrons. The molecule has 0 spiro atoms. The maximum atomic E-state index is 14.9. The molecule has 2 heterocycles. The van der Waals surface area contributed by atoms with E-state index in [1.807, 2.05) is 0 Å². The molecule has 3 fully saturated rings. The molecule has 6 unspecified atom stereocenters. The van der Waals surface area contributed by atoms with Gasteiger partial charge < -0.3 is 5.11 Å². The lowest BCUT2D eigenvalue weighted by Crippen LogP contribution is -2.60. The van der Waals surface area contributed by atoms with Crippen LogP contribution in [0.15, 0.2) is 78.4 Å². The Labute approximate surface area is 271 Å². The van der Waals surface area contributed by atoms with Crippen LogP contribution in [0.5, 0.6) is 5.75 Å². The minimum absolute atomic E-state index is 0.00445. The quantitative estimate of drug-likeness (QED) is 0.167. The number of fused-ring (bicyclic) bond motifs is 4. The lowest BCUT2D eigenvalue weighted by Gasteiger charge is -2.50. The van der Waals surface area contributed by atoms with Crippen LogP contribution in [-0.2, 0) is 19.2 Å². The molecular weight excluding hydrogens is 641 g/mol. The van der Waals surface area contributed by atoms with Crippen LogP contribution in [0, 0.1) is 29.4 Å². The molecule has 1 N–H and O–H groups in total. The fraction of sp³-hybridized carbons (Fsp3) is 0.265. The molecule has 1 saturated carbocycles. The SMILES string of the molecule is CC(=O)c1ccc(N2C(=O)C3CC=C4C(CC5(Cl)C(=O)N(c6ccc(F)cc6)C(=O)C5(Cl)C4c4cccc(F)c4O)C3C2=O)cc1. The molecule has 3 aromatic rings. The van der Waals surface area contributed by atoms with E-state index in [-0.39, 0.29) is 35.6 Å². The molecule has 0 aromatic heterocycles. The Kier molecular flexibility index (Phi) is 6.77. The number of nitrogens with zero attached hydrogens (tertiary/aromatic N) is 2. The van der Waals surface area contributed by atoms with Crippen molar-refractivity contribution in [3.63, 3.8) is 0 Å². The predicted octanol–water partition coefficient (Wildman–Crippen LogP) is 5.64. The summed E-state index contributed by atoms with van der Waals surface area (Å²) in [5.41, 5.74) is 0.894. The van der Waals surface area contributed by atoms with Crippen molar-refractivity contribution in [1.29, 1.82) is 0 Å². The predicted molar refractivity (Wildman–Crippen MR) is 164 cm³/mol. The zero-order valence-electron chi connectivity index (χ0n) is 24.0. The molecule has 0 bridgehead atoms. The van der Waals surface area contributed by atoms with Crippen LogP contribution in [0.4, 0.5) is 20.2 Å². The number of hydrogen-bond donors (Lipinski definition) is 1. The fourth-order valence-corrected chi connectivity index (χ4v) is 8.54. The number of alkyl halides is 2. The number of carbonyl (C=O) groups is 5. The Balaban J connectivity index is 1.38. The van der Waals surface area contributed by atoms with E-state index >= 15 is 0 Å². The smallest absolute Gasteiger partial charge is 0.258 e. The number of anilines is 2. The van der Waals surface area contributed by atoms with Gasteiger partial charge in [-0.15, -0.1) is 23.2 Å². The number of ketones is 1. The molecule has 46 heavy (non-hydrogen) atoms. The topological polar surface area (TPSA) is 112 Å². The highest BCUT2D eigenvalue weighted by atomic mass is 35.5. The van der Waals surface area contributed by atoms with Gasteiger partial charge in [0.15, 0.2) is 27.1 Å². The monoisotopic (exact) mass is 664 g/mol. The number of halogens is 4. The van der Waals surface area contributed by atoms with Crippen LogP contribution < -0.4 is 9.80 Å². The summed E-state index contributed by atoms with van der Waals surface area (Å²) in [7, 11) is 0. The molecule has 0 radical (unpaired) electrons. The van der Waals surface area contributed by atoms with Gasteiger partial charge in [0.2, 0.25) is 11.8 Å². The van der Waals surface area contributed by atoms with E-state index < -0.39 is 74.4 Å². The first-order valence-corrected chi connectivity index (χ1v) is 15.3. The van der Waals surface area contributed by atoms with Crippen molar-refractivity contribution in [2.75, 3.05) is 9.80 Å². The molecule has 2 aliphatic carbocycles.